The fourth-order valence-corrected chi connectivity index (χ4v) is 5.03. The van der Waals surface area contributed by atoms with Crippen molar-refractivity contribution in [1.82, 2.24) is 20.0 Å². The first-order chi connectivity index (χ1) is 16.9. The molecular weight excluding hydrogens is 542 g/mol. The highest BCUT2D eigenvalue weighted by Crippen LogP contribution is 2.43. The van der Waals surface area contributed by atoms with Gasteiger partial charge >= 0.3 is 6.18 Å². The van der Waals surface area contributed by atoms with Crippen LogP contribution in [0.1, 0.15) is 11.7 Å². The third kappa shape index (κ3) is 5.17. The maximum atomic E-state index is 13.6. The Labute approximate surface area is 207 Å². The van der Waals surface area contributed by atoms with E-state index in [0.29, 0.717) is 23.9 Å². The first kappa shape index (κ1) is 26.6. The fourth-order valence-electron chi connectivity index (χ4n) is 3.58. The third-order valence-corrected chi connectivity index (χ3v) is 6.67. The molecule has 5 atom stereocenters. The molecular formula is C20H15ClF6N4O4S. The van der Waals surface area contributed by atoms with Crippen LogP contribution in [0, 0.1) is 17.5 Å². The van der Waals surface area contributed by atoms with E-state index in [0.717, 1.165) is 23.1 Å². The van der Waals surface area contributed by atoms with Crippen molar-refractivity contribution in [2.24, 2.45) is 0 Å². The van der Waals surface area contributed by atoms with Crippen LogP contribution >= 0.6 is 23.4 Å². The minimum absolute atomic E-state index is 0.120. The van der Waals surface area contributed by atoms with E-state index < -0.39 is 70.6 Å². The Kier molecular flexibility index (Phi) is 7.50. The van der Waals surface area contributed by atoms with Crippen molar-refractivity contribution in [3.05, 3.63) is 58.8 Å². The summed E-state index contributed by atoms with van der Waals surface area (Å²) in [7, 11) is 0. The Morgan fingerprint density at radius 2 is 1.75 bits per heavy atom. The molecule has 5 unspecified atom stereocenters. The Balaban J connectivity index is 1.67. The molecule has 0 radical (unpaired) electrons. The summed E-state index contributed by atoms with van der Waals surface area (Å²) < 4.78 is 87.1. The van der Waals surface area contributed by atoms with Crippen molar-refractivity contribution < 1.29 is 46.4 Å². The molecule has 0 amide bonds. The van der Waals surface area contributed by atoms with Crippen molar-refractivity contribution in [2.45, 2.75) is 40.9 Å². The molecule has 36 heavy (non-hydrogen) atoms. The summed E-state index contributed by atoms with van der Waals surface area (Å²) in [6.07, 6.45) is -7.71. The summed E-state index contributed by atoms with van der Waals surface area (Å²) in [5.74, 6) is -4.67. The zero-order valence-electron chi connectivity index (χ0n) is 17.6. The van der Waals surface area contributed by atoms with Crippen LogP contribution in [0.4, 0.5) is 26.3 Å². The highest BCUT2D eigenvalue weighted by atomic mass is 35.5. The first-order valence-corrected chi connectivity index (χ1v) is 11.2. The number of ether oxygens (including phenoxy) is 1. The predicted octanol–water partition coefficient (Wildman–Crippen LogP) is 3.20. The molecule has 3 aromatic rings. The molecule has 0 saturated carbocycles. The Morgan fingerprint density at radius 3 is 2.36 bits per heavy atom. The van der Waals surface area contributed by atoms with Crippen molar-refractivity contribution in [3.63, 3.8) is 0 Å². The number of alkyl halides is 3. The van der Waals surface area contributed by atoms with Crippen LogP contribution < -0.4 is 0 Å². The lowest BCUT2D eigenvalue weighted by molar-refractivity contribution is -0.178. The third-order valence-electron chi connectivity index (χ3n) is 5.27. The lowest BCUT2D eigenvalue weighted by Crippen LogP contribution is -2.55. The zero-order valence-corrected chi connectivity index (χ0v) is 19.1. The van der Waals surface area contributed by atoms with E-state index in [1.807, 2.05) is 0 Å². The standard InChI is InChI=1S/C20H15ClF6N4O4S/c21-8-3-13(18(28-4-8)20(25,26)27)36-19-17(34)15(16(33)12(6-32)35-19)31-5-11(29-30-31)7-1-9(22)14(24)10(23)2-7/h1-5,12,15-17,19,32-34H,6H2. The molecule has 4 rings (SSSR count). The normalized spacial score (nSPS) is 24.8. The number of nitrogens with zero attached hydrogens (tertiary/aromatic N) is 4. The molecule has 1 aromatic carbocycles. The van der Waals surface area contributed by atoms with Gasteiger partial charge in [-0.1, -0.05) is 28.6 Å². The van der Waals surface area contributed by atoms with Gasteiger partial charge in [0.1, 0.15) is 35.5 Å². The van der Waals surface area contributed by atoms with Gasteiger partial charge in [-0.15, -0.1) is 5.10 Å². The summed E-state index contributed by atoms with van der Waals surface area (Å²) in [5.41, 5.74) is -3.15. The second kappa shape index (κ2) is 10.1. The minimum Gasteiger partial charge on any atom is -0.394 e. The molecule has 1 saturated heterocycles. The summed E-state index contributed by atoms with van der Waals surface area (Å²) in [6.45, 7) is -0.780. The first-order valence-electron chi connectivity index (χ1n) is 9.99. The van der Waals surface area contributed by atoms with Crippen molar-refractivity contribution in [3.8, 4) is 11.3 Å². The number of halogens is 7. The van der Waals surface area contributed by atoms with E-state index in [-0.39, 0.29) is 16.3 Å². The predicted molar refractivity (Wildman–Crippen MR) is 112 cm³/mol. The van der Waals surface area contributed by atoms with Crippen LogP contribution in [-0.4, -0.2) is 65.7 Å². The van der Waals surface area contributed by atoms with Crippen molar-refractivity contribution in [2.75, 3.05) is 6.61 Å². The Morgan fingerprint density at radius 1 is 1.08 bits per heavy atom. The van der Waals surface area contributed by atoms with E-state index in [4.69, 9.17) is 16.3 Å². The van der Waals surface area contributed by atoms with Gasteiger partial charge in [-0.25, -0.2) is 22.8 Å². The van der Waals surface area contributed by atoms with Crippen LogP contribution in [0.2, 0.25) is 5.02 Å². The molecule has 1 fully saturated rings. The average molecular weight is 557 g/mol. The van der Waals surface area contributed by atoms with Gasteiger partial charge in [-0.05, 0) is 18.2 Å². The lowest BCUT2D eigenvalue weighted by Gasteiger charge is -2.41. The van der Waals surface area contributed by atoms with Crippen molar-refractivity contribution in [1.29, 1.82) is 0 Å². The highest BCUT2D eigenvalue weighted by molar-refractivity contribution is 7.99. The number of thioether (sulfide) groups is 1. The topological polar surface area (TPSA) is 114 Å². The molecule has 1 aliphatic rings. The lowest BCUT2D eigenvalue weighted by atomic mass is 9.97. The number of hydrogen-bond donors (Lipinski definition) is 3. The largest absolute Gasteiger partial charge is 0.434 e. The minimum atomic E-state index is -4.86. The number of hydrogen-bond acceptors (Lipinski definition) is 8. The van der Waals surface area contributed by atoms with E-state index in [2.05, 4.69) is 15.3 Å². The summed E-state index contributed by atoms with van der Waals surface area (Å²) >= 11 is 6.20. The van der Waals surface area contributed by atoms with E-state index in [1.165, 1.54) is 0 Å². The number of benzene rings is 1. The SMILES string of the molecule is OCC1OC(Sc2cc(Cl)cnc2C(F)(F)F)C(O)C(n2cc(-c3cc(F)c(F)c(F)c3)nn2)C1O. The van der Waals surface area contributed by atoms with Crippen LogP contribution in [0.3, 0.4) is 0 Å². The highest BCUT2D eigenvalue weighted by Gasteiger charge is 2.47. The number of rotatable bonds is 5. The molecule has 16 heteroatoms. The fraction of sp³-hybridized carbons (Fsp3) is 0.350. The number of aliphatic hydroxyl groups is 3. The quantitative estimate of drug-likeness (QED) is 0.324. The summed E-state index contributed by atoms with van der Waals surface area (Å²) in [5, 5.41) is 38.5. The summed E-state index contributed by atoms with van der Waals surface area (Å²) in [4.78, 5) is 2.82. The van der Waals surface area contributed by atoms with Gasteiger partial charge in [0.05, 0.1) is 17.8 Å². The van der Waals surface area contributed by atoms with E-state index in [9.17, 15) is 41.7 Å². The van der Waals surface area contributed by atoms with Gasteiger partial charge in [0.2, 0.25) is 0 Å². The van der Waals surface area contributed by atoms with Crippen molar-refractivity contribution >= 4 is 23.4 Å². The van der Waals surface area contributed by atoms with Gasteiger partial charge in [0, 0.05) is 16.7 Å². The molecule has 0 aliphatic carbocycles. The molecule has 8 nitrogen and oxygen atoms in total. The number of pyridine rings is 1. The molecule has 3 heterocycles. The molecule has 0 bridgehead atoms. The molecule has 2 aromatic heterocycles. The Bertz CT molecular complexity index is 1240. The number of aromatic nitrogens is 4. The number of aliphatic hydroxyl groups excluding tert-OH is 3. The van der Waals surface area contributed by atoms with Crippen LogP contribution in [0.15, 0.2) is 35.5 Å². The smallest absolute Gasteiger partial charge is 0.394 e. The molecule has 194 valence electrons. The molecule has 3 N–H and O–H groups in total. The van der Waals surface area contributed by atoms with E-state index >= 15 is 0 Å². The molecule has 1 aliphatic heterocycles. The zero-order chi connectivity index (χ0) is 26.4. The molecule has 0 spiro atoms. The average Bonchev–Trinajstić information content (AvgIpc) is 3.28. The second-order valence-electron chi connectivity index (χ2n) is 7.65. The van der Waals surface area contributed by atoms with Gasteiger partial charge < -0.3 is 20.1 Å². The van der Waals surface area contributed by atoms with Gasteiger partial charge in [0.15, 0.2) is 23.1 Å². The van der Waals surface area contributed by atoms with E-state index in [1.54, 1.807) is 0 Å². The van der Waals surface area contributed by atoms with Crippen LogP contribution in [-0.2, 0) is 10.9 Å². The monoisotopic (exact) mass is 556 g/mol. The maximum absolute atomic E-state index is 13.6. The summed E-state index contributed by atoms with van der Waals surface area (Å²) in [6, 6.07) is 0.858. The Hall–Kier alpha value is -2.43. The van der Waals surface area contributed by atoms with Gasteiger partial charge in [-0.3, -0.25) is 0 Å². The second-order valence-corrected chi connectivity index (χ2v) is 9.23. The van der Waals surface area contributed by atoms with Crippen LogP contribution in [0.5, 0.6) is 0 Å². The van der Waals surface area contributed by atoms with Gasteiger partial charge in [-0.2, -0.15) is 13.2 Å². The maximum Gasteiger partial charge on any atom is 0.434 e. The van der Waals surface area contributed by atoms with Gasteiger partial charge in [0.25, 0.3) is 0 Å². The van der Waals surface area contributed by atoms with Crippen LogP contribution in [0.25, 0.3) is 11.3 Å².